The Bertz CT molecular complexity index is 668. The smallest absolute Gasteiger partial charge is 0.329 e. The van der Waals surface area contributed by atoms with Gasteiger partial charge >= 0.3 is 5.97 Å². The first-order valence-electron chi connectivity index (χ1n) is 9.48. The normalized spacial score (nSPS) is 13.4. The lowest BCUT2D eigenvalue weighted by Gasteiger charge is -2.21. The van der Waals surface area contributed by atoms with E-state index in [-0.39, 0.29) is 17.2 Å². The molecule has 0 radical (unpaired) electrons. The summed E-state index contributed by atoms with van der Waals surface area (Å²) in [5, 5.41) is 5.35. The minimum Gasteiger partial charge on any atom is -0.451 e. The fourth-order valence-electron chi connectivity index (χ4n) is 2.48. The Balaban J connectivity index is 2.82. The van der Waals surface area contributed by atoms with Crippen molar-refractivity contribution in [3.05, 3.63) is 35.4 Å². The first kappa shape index (κ1) is 24.0. The van der Waals surface area contributed by atoms with Gasteiger partial charge in [-0.2, -0.15) is 11.8 Å². The second-order valence-corrected chi connectivity index (χ2v) is 8.59. The maximum absolute atomic E-state index is 12.6. The Morgan fingerprint density at radius 1 is 1.14 bits per heavy atom. The van der Waals surface area contributed by atoms with E-state index in [2.05, 4.69) is 31.4 Å². The molecular weight excluding hydrogens is 376 g/mol. The summed E-state index contributed by atoms with van der Waals surface area (Å²) < 4.78 is 5.25. The lowest BCUT2D eigenvalue weighted by atomic mass is 9.86. The van der Waals surface area contributed by atoms with Gasteiger partial charge < -0.3 is 15.4 Å². The average molecular weight is 409 g/mol. The zero-order valence-electron chi connectivity index (χ0n) is 17.6. The van der Waals surface area contributed by atoms with Crippen LogP contribution in [-0.4, -0.2) is 48.5 Å². The SMILES string of the molecule is CCNC(=O)[C@H](C)OC(=O)[C@@H](CCSC)NC(=O)c1ccc(C(C)(C)C)cc1. The standard InChI is InChI=1S/C21H32N2O4S/c1-7-22-18(24)14(2)27-20(26)17(12-13-28-6)23-19(25)15-8-10-16(11-9-15)21(3,4)5/h8-11,14,17H,7,12-13H2,1-6H3,(H,22,24)(H,23,25)/t14-,17+/m0/s1. The van der Waals surface area contributed by atoms with Gasteiger partial charge in [0.15, 0.2) is 6.10 Å². The van der Waals surface area contributed by atoms with E-state index in [9.17, 15) is 14.4 Å². The molecule has 0 fully saturated rings. The number of carbonyl (C=O) groups excluding carboxylic acids is 3. The number of hydrogen-bond donors (Lipinski definition) is 2. The zero-order valence-corrected chi connectivity index (χ0v) is 18.4. The van der Waals surface area contributed by atoms with Crippen molar-refractivity contribution in [3.8, 4) is 0 Å². The minimum atomic E-state index is -0.910. The third kappa shape index (κ3) is 7.54. The van der Waals surface area contributed by atoms with Gasteiger partial charge in [-0.15, -0.1) is 0 Å². The van der Waals surface area contributed by atoms with Crippen LogP contribution in [0.25, 0.3) is 0 Å². The van der Waals surface area contributed by atoms with Crippen molar-refractivity contribution in [1.29, 1.82) is 0 Å². The van der Waals surface area contributed by atoms with Crippen LogP contribution in [0.3, 0.4) is 0 Å². The number of carbonyl (C=O) groups is 3. The number of nitrogens with one attached hydrogen (secondary N) is 2. The molecule has 0 aliphatic heterocycles. The number of esters is 1. The predicted octanol–water partition coefficient (Wildman–Crippen LogP) is 2.90. The fourth-order valence-corrected chi connectivity index (χ4v) is 2.95. The molecule has 0 aromatic heterocycles. The summed E-state index contributed by atoms with van der Waals surface area (Å²) in [6.07, 6.45) is 1.44. The van der Waals surface area contributed by atoms with Gasteiger partial charge in [0.1, 0.15) is 6.04 Å². The van der Waals surface area contributed by atoms with Crippen LogP contribution >= 0.6 is 11.8 Å². The van der Waals surface area contributed by atoms with Gasteiger partial charge in [-0.1, -0.05) is 32.9 Å². The van der Waals surface area contributed by atoms with E-state index in [4.69, 9.17) is 4.74 Å². The third-order valence-corrected chi connectivity index (χ3v) is 4.87. The van der Waals surface area contributed by atoms with E-state index < -0.39 is 18.1 Å². The van der Waals surface area contributed by atoms with E-state index in [1.54, 1.807) is 30.8 Å². The molecule has 6 nitrogen and oxygen atoms in total. The lowest BCUT2D eigenvalue weighted by Crippen LogP contribution is -2.45. The molecule has 0 spiro atoms. The molecule has 156 valence electrons. The molecule has 2 N–H and O–H groups in total. The molecule has 0 heterocycles. The average Bonchev–Trinajstić information content (AvgIpc) is 2.64. The van der Waals surface area contributed by atoms with Gasteiger partial charge in [0, 0.05) is 12.1 Å². The first-order valence-corrected chi connectivity index (χ1v) is 10.9. The van der Waals surface area contributed by atoms with Gasteiger partial charge in [0.25, 0.3) is 11.8 Å². The van der Waals surface area contributed by atoms with Gasteiger partial charge in [-0.05, 0) is 55.4 Å². The summed E-state index contributed by atoms with van der Waals surface area (Å²) >= 11 is 1.57. The molecule has 1 aromatic carbocycles. The summed E-state index contributed by atoms with van der Waals surface area (Å²) in [6, 6.07) is 6.54. The molecule has 2 atom stereocenters. The van der Waals surface area contributed by atoms with Crippen molar-refractivity contribution in [1.82, 2.24) is 10.6 Å². The zero-order chi connectivity index (χ0) is 21.3. The van der Waals surface area contributed by atoms with Crippen LogP contribution in [0.2, 0.25) is 0 Å². The van der Waals surface area contributed by atoms with Crippen molar-refractivity contribution in [2.45, 2.75) is 58.6 Å². The Hall–Kier alpha value is -2.02. The third-order valence-electron chi connectivity index (χ3n) is 4.23. The molecule has 1 aromatic rings. The van der Waals surface area contributed by atoms with Crippen LogP contribution in [0, 0.1) is 0 Å². The molecule has 0 aliphatic rings. The number of ether oxygens (including phenoxy) is 1. The second-order valence-electron chi connectivity index (χ2n) is 7.61. The summed E-state index contributed by atoms with van der Waals surface area (Å²) in [7, 11) is 0. The molecule has 7 heteroatoms. The molecule has 0 unspecified atom stereocenters. The van der Waals surface area contributed by atoms with E-state index in [0.29, 0.717) is 24.3 Å². The largest absolute Gasteiger partial charge is 0.451 e. The van der Waals surface area contributed by atoms with Crippen LogP contribution in [0.1, 0.15) is 57.0 Å². The number of hydrogen-bond acceptors (Lipinski definition) is 5. The number of rotatable bonds is 9. The minimum absolute atomic E-state index is 0.00506. The van der Waals surface area contributed by atoms with E-state index in [1.807, 2.05) is 18.4 Å². The van der Waals surface area contributed by atoms with Crippen molar-refractivity contribution in [3.63, 3.8) is 0 Å². The van der Waals surface area contributed by atoms with E-state index >= 15 is 0 Å². The highest BCUT2D eigenvalue weighted by Crippen LogP contribution is 2.22. The van der Waals surface area contributed by atoms with Crippen molar-refractivity contribution >= 4 is 29.5 Å². The number of benzene rings is 1. The topological polar surface area (TPSA) is 84.5 Å². The summed E-state index contributed by atoms with van der Waals surface area (Å²) in [4.78, 5) is 36.9. The lowest BCUT2D eigenvalue weighted by molar-refractivity contribution is -0.156. The molecule has 0 bridgehead atoms. The van der Waals surface area contributed by atoms with Gasteiger partial charge in [-0.3, -0.25) is 9.59 Å². The molecule has 0 aliphatic carbocycles. The summed E-state index contributed by atoms with van der Waals surface area (Å²) in [6.45, 7) is 10.1. The molecule has 2 amide bonds. The van der Waals surface area contributed by atoms with Gasteiger partial charge in [-0.25, -0.2) is 4.79 Å². The second kappa shape index (κ2) is 11.1. The highest BCUT2D eigenvalue weighted by molar-refractivity contribution is 7.98. The van der Waals surface area contributed by atoms with Crippen LogP contribution in [-0.2, 0) is 19.7 Å². The van der Waals surface area contributed by atoms with Crippen LogP contribution in [0.4, 0.5) is 0 Å². The quantitative estimate of drug-likeness (QED) is 0.614. The number of likely N-dealkylation sites (N-methyl/N-ethyl adjacent to an activating group) is 1. The Kier molecular flexibility index (Phi) is 9.52. The number of thioether (sulfide) groups is 1. The summed E-state index contributed by atoms with van der Waals surface area (Å²) in [5.74, 6) is -0.622. The summed E-state index contributed by atoms with van der Waals surface area (Å²) in [5.41, 5.74) is 1.60. The molecule has 0 saturated heterocycles. The van der Waals surface area contributed by atoms with Gasteiger partial charge in [0.05, 0.1) is 0 Å². The Morgan fingerprint density at radius 2 is 1.75 bits per heavy atom. The Morgan fingerprint density at radius 3 is 2.25 bits per heavy atom. The molecule has 0 saturated carbocycles. The molecular formula is C21H32N2O4S. The van der Waals surface area contributed by atoms with Crippen molar-refractivity contribution < 1.29 is 19.1 Å². The van der Waals surface area contributed by atoms with Crippen LogP contribution < -0.4 is 10.6 Å². The van der Waals surface area contributed by atoms with Crippen molar-refractivity contribution in [2.24, 2.45) is 0 Å². The highest BCUT2D eigenvalue weighted by Gasteiger charge is 2.26. The fraction of sp³-hybridized carbons (Fsp3) is 0.571. The predicted molar refractivity (Wildman–Crippen MR) is 114 cm³/mol. The first-order chi connectivity index (χ1) is 13.1. The number of amides is 2. The molecule has 28 heavy (non-hydrogen) atoms. The maximum atomic E-state index is 12.6. The highest BCUT2D eigenvalue weighted by atomic mass is 32.2. The van der Waals surface area contributed by atoms with Crippen molar-refractivity contribution in [2.75, 3.05) is 18.6 Å². The maximum Gasteiger partial charge on any atom is 0.329 e. The van der Waals surface area contributed by atoms with Gasteiger partial charge in [0.2, 0.25) is 0 Å². The molecule has 1 rings (SSSR count). The van der Waals surface area contributed by atoms with Crippen LogP contribution in [0.15, 0.2) is 24.3 Å². The van der Waals surface area contributed by atoms with Crippen LogP contribution in [0.5, 0.6) is 0 Å². The van der Waals surface area contributed by atoms with E-state index in [1.165, 1.54) is 6.92 Å². The monoisotopic (exact) mass is 408 g/mol. The Labute approximate surface area is 172 Å². The van der Waals surface area contributed by atoms with E-state index in [0.717, 1.165) is 5.56 Å².